The molecule has 5 N–H and O–H groups in total. The lowest BCUT2D eigenvalue weighted by Crippen LogP contribution is -2.50. The summed E-state index contributed by atoms with van der Waals surface area (Å²) in [5.41, 5.74) is 11.1. The lowest BCUT2D eigenvalue weighted by molar-refractivity contribution is 0.0724. The molecule has 3 fully saturated rings. The number of rotatable bonds is 4. The Bertz CT molecular complexity index is 688. The summed E-state index contributed by atoms with van der Waals surface area (Å²) < 4.78 is 0. The van der Waals surface area contributed by atoms with Gasteiger partial charge in [0.05, 0.1) is 0 Å². The van der Waals surface area contributed by atoms with E-state index in [2.05, 4.69) is 27.0 Å². The Labute approximate surface area is 165 Å². The van der Waals surface area contributed by atoms with E-state index >= 15 is 0 Å². The van der Waals surface area contributed by atoms with Crippen LogP contribution in [0.15, 0.2) is 24.3 Å². The number of fused-ring (bicyclic) bond motifs is 1. The van der Waals surface area contributed by atoms with Crippen LogP contribution in [0.4, 0.5) is 4.79 Å². The Morgan fingerprint density at radius 2 is 1.75 bits per heavy atom. The molecule has 8 heteroatoms. The van der Waals surface area contributed by atoms with Crippen molar-refractivity contribution in [1.82, 2.24) is 31.9 Å². The Kier molecular flexibility index (Phi) is 6.09. The number of benzene rings is 1. The molecule has 3 unspecified atom stereocenters. The van der Waals surface area contributed by atoms with Gasteiger partial charge in [0.25, 0.3) is 5.91 Å². The van der Waals surface area contributed by atoms with Gasteiger partial charge in [-0.25, -0.2) is 15.6 Å². The first-order chi connectivity index (χ1) is 13.7. The number of nitrogens with zero attached hydrogens (tertiary/aromatic N) is 1. The van der Waals surface area contributed by atoms with Gasteiger partial charge in [0.15, 0.2) is 0 Å². The molecule has 28 heavy (non-hydrogen) atoms. The second-order valence-electron chi connectivity index (χ2n) is 8.01. The molecule has 3 amide bonds. The Morgan fingerprint density at radius 1 is 1.00 bits per heavy atom. The van der Waals surface area contributed by atoms with Crippen LogP contribution in [0.5, 0.6) is 0 Å². The monoisotopic (exact) mass is 386 g/mol. The Morgan fingerprint density at radius 3 is 2.54 bits per heavy atom. The van der Waals surface area contributed by atoms with Gasteiger partial charge in [-0.2, -0.15) is 5.53 Å². The van der Waals surface area contributed by atoms with E-state index in [1.807, 2.05) is 29.2 Å². The first-order valence-corrected chi connectivity index (χ1v) is 10.4. The van der Waals surface area contributed by atoms with Crippen molar-refractivity contribution in [2.75, 3.05) is 13.1 Å². The fourth-order valence-corrected chi connectivity index (χ4v) is 4.32. The van der Waals surface area contributed by atoms with Crippen LogP contribution in [-0.2, 0) is 6.54 Å². The number of hydrogen-bond acceptors (Lipinski definition) is 5. The minimum Gasteiger partial charge on any atom is -0.339 e. The molecule has 0 spiro atoms. The van der Waals surface area contributed by atoms with Crippen LogP contribution in [0.3, 0.4) is 0 Å². The normalized spacial score (nSPS) is 27.1. The molecular weight excluding hydrogens is 356 g/mol. The Balaban J connectivity index is 1.22. The number of hydrazine groups is 2. The molecular formula is C20H30N6O2. The second kappa shape index (κ2) is 8.89. The third-order valence-electron chi connectivity index (χ3n) is 6.00. The van der Waals surface area contributed by atoms with E-state index in [1.165, 1.54) is 6.42 Å². The van der Waals surface area contributed by atoms with Gasteiger partial charge in [-0.05, 0) is 56.2 Å². The van der Waals surface area contributed by atoms with Crippen LogP contribution in [0.1, 0.15) is 54.4 Å². The van der Waals surface area contributed by atoms with Gasteiger partial charge in [-0.15, -0.1) is 0 Å². The number of urea groups is 1. The van der Waals surface area contributed by atoms with Crippen molar-refractivity contribution in [3.05, 3.63) is 35.4 Å². The predicted octanol–water partition coefficient (Wildman–Crippen LogP) is 1.01. The standard InChI is InChI=1S/C20H30N6O2/c27-19(26-10-2-1-3-11-26)15-6-4-14(5-7-15)13-21-20(28)22-16-8-9-17-18(12-16)24-25-23-17/h4-7,16-18,23-25H,1-3,8-13H2,(H2,21,22,28). The van der Waals surface area contributed by atoms with Gasteiger partial charge in [-0.3, -0.25) is 4.79 Å². The summed E-state index contributed by atoms with van der Waals surface area (Å²) in [6.45, 7) is 2.16. The molecule has 4 rings (SSSR count). The van der Waals surface area contributed by atoms with Crippen molar-refractivity contribution in [2.45, 2.75) is 63.2 Å². The Hall–Kier alpha value is -2.16. The van der Waals surface area contributed by atoms with Crippen molar-refractivity contribution >= 4 is 11.9 Å². The highest BCUT2D eigenvalue weighted by Crippen LogP contribution is 2.20. The zero-order valence-electron chi connectivity index (χ0n) is 16.2. The molecule has 152 valence electrons. The van der Waals surface area contributed by atoms with Gasteiger partial charge in [-0.1, -0.05) is 12.1 Å². The molecule has 1 aliphatic carbocycles. The molecule has 3 atom stereocenters. The van der Waals surface area contributed by atoms with Crippen molar-refractivity contribution < 1.29 is 9.59 Å². The summed E-state index contributed by atoms with van der Waals surface area (Å²) in [6.07, 6.45) is 6.30. The molecule has 2 heterocycles. The molecule has 0 aromatic heterocycles. The first kappa shape index (κ1) is 19.2. The molecule has 0 radical (unpaired) electrons. The molecule has 2 aliphatic heterocycles. The number of piperidine rings is 1. The van der Waals surface area contributed by atoms with E-state index < -0.39 is 0 Å². The van der Waals surface area contributed by atoms with E-state index in [4.69, 9.17) is 0 Å². The van der Waals surface area contributed by atoms with E-state index in [-0.39, 0.29) is 18.0 Å². The lowest BCUT2D eigenvalue weighted by atomic mass is 9.88. The van der Waals surface area contributed by atoms with Crippen molar-refractivity contribution in [1.29, 1.82) is 0 Å². The predicted molar refractivity (Wildman–Crippen MR) is 106 cm³/mol. The number of nitrogens with one attached hydrogen (secondary N) is 5. The van der Waals surface area contributed by atoms with E-state index in [9.17, 15) is 9.59 Å². The number of carbonyl (C=O) groups is 2. The first-order valence-electron chi connectivity index (χ1n) is 10.4. The number of carbonyl (C=O) groups excluding carboxylic acids is 2. The van der Waals surface area contributed by atoms with Crippen LogP contribution in [0, 0.1) is 0 Å². The van der Waals surface area contributed by atoms with Crippen molar-refractivity contribution in [2.24, 2.45) is 0 Å². The van der Waals surface area contributed by atoms with E-state index in [1.54, 1.807) is 0 Å². The molecule has 3 aliphatic rings. The summed E-state index contributed by atoms with van der Waals surface area (Å²) in [7, 11) is 0. The third-order valence-corrected chi connectivity index (χ3v) is 6.00. The average Bonchev–Trinajstić information content (AvgIpc) is 3.21. The molecule has 8 nitrogen and oxygen atoms in total. The summed E-state index contributed by atoms with van der Waals surface area (Å²) in [4.78, 5) is 26.7. The number of amides is 3. The summed E-state index contributed by atoms with van der Waals surface area (Å²) in [5.74, 6) is 0.108. The topological polar surface area (TPSA) is 97.5 Å². The molecule has 1 aromatic rings. The summed E-state index contributed by atoms with van der Waals surface area (Å²) >= 11 is 0. The summed E-state index contributed by atoms with van der Waals surface area (Å²) in [5, 5.41) is 5.99. The average molecular weight is 386 g/mol. The van der Waals surface area contributed by atoms with Gasteiger partial charge in [0.2, 0.25) is 0 Å². The van der Waals surface area contributed by atoms with Gasteiger partial charge in [0.1, 0.15) is 0 Å². The molecule has 2 saturated heterocycles. The number of hydrogen-bond donors (Lipinski definition) is 5. The zero-order valence-corrected chi connectivity index (χ0v) is 16.2. The summed E-state index contributed by atoms with van der Waals surface area (Å²) in [6, 6.07) is 8.38. The molecule has 1 saturated carbocycles. The highest BCUT2D eigenvalue weighted by Gasteiger charge is 2.34. The molecule has 0 bridgehead atoms. The third kappa shape index (κ3) is 4.63. The highest BCUT2D eigenvalue weighted by atomic mass is 16.2. The number of likely N-dealkylation sites (tertiary alicyclic amines) is 1. The van der Waals surface area contributed by atoms with Crippen LogP contribution < -0.4 is 27.0 Å². The van der Waals surface area contributed by atoms with Gasteiger partial charge >= 0.3 is 6.03 Å². The quantitative estimate of drug-likeness (QED) is 0.532. The van der Waals surface area contributed by atoms with Crippen LogP contribution in [-0.4, -0.2) is 48.1 Å². The maximum Gasteiger partial charge on any atom is 0.315 e. The highest BCUT2D eigenvalue weighted by molar-refractivity contribution is 5.94. The molecule has 1 aromatic carbocycles. The van der Waals surface area contributed by atoms with Gasteiger partial charge in [0, 0.05) is 43.3 Å². The zero-order chi connectivity index (χ0) is 19.3. The second-order valence-corrected chi connectivity index (χ2v) is 8.01. The minimum atomic E-state index is -0.143. The van der Waals surface area contributed by atoms with Crippen LogP contribution in [0.2, 0.25) is 0 Å². The fraction of sp³-hybridized carbons (Fsp3) is 0.600. The smallest absolute Gasteiger partial charge is 0.315 e. The fourth-order valence-electron chi connectivity index (χ4n) is 4.32. The van der Waals surface area contributed by atoms with Crippen LogP contribution in [0.25, 0.3) is 0 Å². The van der Waals surface area contributed by atoms with Crippen LogP contribution >= 0.6 is 0 Å². The SMILES string of the molecule is O=C(NCc1ccc(C(=O)N2CCCCC2)cc1)NC1CCC2NNNC2C1. The maximum absolute atomic E-state index is 12.5. The minimum absolute atomic E-state index is 0.108. The maximum atomic E-state index is 12.5. The van der Waals surface area contributed by atoms with E-state index in [0.717, 1.165) is 56.3 Å². The van der Waals surface area contributed by atoms with Crippen molar-refractivity contribution in [3.8, 4) is 0 Å². The largest absolute Gasteiger partial charge is 0.339 e. The lowest BCUT2D eigenvalue weighted by Gasteiger charge is -2.30. The van der Waals surface area contributed by atoms with Gasteiger partial charge < -0.3 is 15.5 Å². The van der Waals surface area contributed by atoms with E-state index in [0.29, 0.717) is 18.6 Å². The van der Waals surface area contributed by atoms with Crippen molar-refractivity contribution in [3.63, 3.8) is 0 Å².